The van der Waals surface area contributed by atoms with E-state index < -0.39 is 14.6 Å². The standard InChI is InChI=1S/C10H10BrNO2S/c11-9-5-10(6-9,7-9)15(13,14)8-2-1-3-12-4-8/h1-4H,5-7H2. The molecule has 0 amide bonds. The number of aromatic nitrogens is 1. The maximum absolute atomic E-state index is 12.3. The van der Waals surface area contributed by atoms with Crippen molar-refractivity contribution in [3.8, 4) is 0 Å². The van der Waals surface area contributed by atoms with Crippen LogP contribution in [-0.4, -0.2) is 22.5 Å². The van der Waals surface area contributed by atoms with Crippen molar-refractivity contribution in [2.45, 2.75) is 33.2 Å². The minimum absolute atomic E-state index is 0.127. The summed E-state index contributed by atoms with van der Waals surface area (Å²) in [7, 11) is -3.17. The first-order chi connectivity index (χ1) is 6.98. The second-order valence-electron chi connectivity index (χ2n) is 4.56. The van der Waals surface area contributed by atoms with Crippen molar-refractivity contribution in [2.24, 2.45) is 0 Å². The Morgan fingerprint density at radius 2 is 2.00 bits per heavy atom. The summed E-state index contributed by atoms with van der Waals surface area (Å²) in [4.78, 5) is 4.23. The highest BCUT2D eigenvalue weighted by Gasteiger charge is 2.73. The van der Waals surface area contributed by atoms with Crippen LogP contribution in [0, 0.1) is 0 Å². The number of hydrogen-bond donors (Lipinski definition) is 0. The van der Waals surface area contributed by atoms with E-state index in [4.69, 9.17) is 0 Å². The van der Waals surface area contributed by atoms with Crippen molar-refractivity contribution in [1.29, 1.82) is 0 Å². The fraction of sp³-hybridized carbons (Fsp3) is 0.500. The van der Waals surface area contributed by atoms with Crippen LogP contribution in [0.4, 0.5) is 0 Å². The van der Waals surface area contributed by atoms with Gasteiger partial charge in [-0.2, -0.15) is 0 Å². The highest BCUT2D eigenvalue weighted by Crippen LogP contribution is 2.70. The predicted octanol–water partition coefficient (Wildman–Crippen LogP) is 1.93. The first-order valence-corrected chi connectivity index (χ1v) is 7.09. The van der Waals surface area contributed by atoms with Gasteiger partial charge in [-0.15, -0.1) is 0 Å². The summed E-state index contributed by atoms with van der Waals surface area (Å²) in [6.45, 7) is 0. The largest absolute Gasteiger partial charge is 0.263 e. The van der Waals surface area contributed by atoms with E-state index in [0.717, 1.165) is 19.3 Å². The first-order valence-electron chi connectivity index (χ1n) is 4.81. The third kappa shape index (κ3) is 1.11. The summed E-state index contributed by atoms with van der Waals surface area (Å²) in [5.74, 6) is 0. The molecule has 0 saturated heterocycles. The van der Waals surface area contributed by atoms with Crippen LogP contribution in [0.5, 0.6) is 0 Å². The van der Waals surface area contributed by atoms with Crippen molar-refractivity contribution >= 4 is 25.8 Å². The number of sulfone groups is 1. The summed E-state index contributed by atoms with van der Waals surface area (Å²) in [6, 6.07) is 3.30. The smallest absolute Gasteiger partial charge is 0.185 e. The Kier molecular flexibility index (Phi) is 1.72. The molecule has 0 unspecified atom stereocenters. The molecule has 0 spiro atoms. The van der Waals surface area contributed by atoms with E-state index in [9.17, 15) is 8.42 Å². The zero-order valence-corrected chi connectivity index (χ0v) is 10.4. The summed E-state index contributed by atoms with van der Waals surface area (Å²) < 4.78 is 24.2. The molecule has 3 fully saturated rings. The van der Waals surface area contributed by atoms with E-state index in [1.165, 1.54) is 6.20 Å². The second kappa shape index (κ2) is 2.63. The quantitative estimate of drug-likeness (QED) is 0.781. The van der Waals surface area contributed by atoms with Crippen LogP contribution >= 0.6 is 15.9 Å². The molecule has 3 nitrogen and oxygen atoms in total. The Labute approximate surface area is 97.0 Å². The summed E-state index contributed by atoms with van der Waals surface area (Å²) in [5.41, 5.74) is 0. The zero-order valence-electron chi connectivity index (χ0n) is 7.98. The van der Waals surface area contributed by atoms with Gasteiger partial charge in [-0.05, 0) is 31.4 Å². The SMILES string of the molecule is O=S(=O)(c1cccnc1)C12CC(Br)(C1)C2. The topological polar surface area (TPSA) is 47.0 Å². The lowest BCUT2D eigenvalue weighted by Crippen LogP contribution is -2.72. The highest BCUT2D eigenvalue weighted by atomic mass is 79.9. The molecule has 0 aromatic carbocycles. The molecule has 3 aliphatic carbocycles. The van der Waals surface area contributed by atoms with E-state index in [-0.39, 0.29) is 4.32 Å². The highest BCUT2D eigenvalue weighted by molar-refractivity contribution is 9.10. The summed E-state index contributed by atoms with van der Waals surface area (Å²) in [5, 5.41) is 0. The Morgan fingerprint density at radius 1 is 1.33 bits per heavy atom. The Hall–Kier alpha value is -0.420. The summed E-state index contributed by atoms with van der Waals surface area (Å²) >= 11 is 3.55. The van der Waals surface area contributed by atoms with Gasteiger partial charge < -0.3 is 0 Å². The van der Waals surface area contributed by atoms with Gasteiger partial charge in [0.25, 0.3) is 0 Å². The van der Waals surface area contributed by atoms with Crippen LogP contribution in [0.15, 0.2) is 29.4 Å². The molecule has 0 atom stereocenters. The van der Waals surface area contributed by atoms with Crippen LogP contribution in [0.2, 0.25) is 0 Å². The molecule has 4 rings (SSSR count). The van der Waals surface area contributed by atoms with Gasteiger partial charge in [0.15, 0.2) is 9.84 Å². The van der Waals surface area contributed by atoms with Crippen molar-refractivity contribution in [3.05, 3.63) is 24.5 Å². The van der Waals surface area contributed by atoms with Crippen molar-refractivity contribution in [3.63, 3.8) is 0 Å². The van der Waals surface area contributed by atoms with E-state index in [1.807, 2.05) is 0 Å². The lowest BCUT2D eigenvalue weighted by atomic mass is 9.55. The molecule has 3 aliphatic rings. The van der Waals surface area contributed by atoms with Gasteiger partial charge in [-0.25, -0.2) is 8.42 Å². The zero-order chi connectivity index (χ0) is 10.7. The molecule has 1 aromatic rings. The van der Waals surface area contributed by atoms with Gasteiger partial charge in [0.1, 0.15) is 0 Å². The van der Waals surface area contributed by atoms with Crippen molar-refractivity contribution in [1.82, 2.24) is 4.98 Å². The van der Waals surface area contributed by atoms with Crippen LogP contribution in [0.3, 0.4) is 0 Å². The number of halogens is 1. The number of hydrogen-bond acceptors (Lipinski definition) is 3. The Morgan fingerprint density at radius 3 is 2.47 bits per heavy atom. The Balaban J connectivity index is 2.00. The number of pyridine rings is 1. The average Bonchev–Trinajstić information content (AvgIpc) is 2.13. The van der Waals surface area contributed by atoms with Gasteiger partial charge in [0.2, 0.25) is 0 Å². The molecule has 2 bridgehead atoms. The lowest BCUT2D eigenvalue weighted by Gasteiger charge is -2.66. The van der Waals surface area contributed by atoms with E-state index >= 15 is 0 Å². The Bertz CT molecular complexity index is 492. The molecule has 15 heavy (non-hydrogen) atoms. The molecule has 1 aromatic heterocycles. The lowest BCUT2D eigenvalue weighted by molar-refractivity contribution is 0.0934. The normalized spacial score (nSPS) is 37.9. The van der Waals surface area contributed by atoms with E-state index in [2.05, 4.69) is 20.9 Å². The van der Waals surface area contributed by atoms with E-state index in [1.54, 1.807) is 18.3 Å². The van der Waals surface area contributed by atoms with Crippen molar-refractivity contribution < 1.29 is 8.42 Å². The molecular formula is C10H10BrNO2S. The third-order valence-electron chi connectivity index (χ3n) is 3.43. The van der Waals surface area contributed by atoms with Gasteiger partial charge in [0.05, 0.1) is 9.64 Å². The fourth-order valence-corrected chi connectivity index (χ4v) is 7.14. The van der Waals surface area contributed by atoms with Gasteiger partial charge in [-0.1, -0.05) is 15.9 Å². The number of nitrogens with zero attached hydrogens (tertiary/aromatic N) is 1. The molecule has 0 aliphatic heterocycles. The molecule has 0 N–H and O–H groups in total. The maximum Gasteiger partial charge on any atom is 0.185 e. The van der Waals surface area contributed by atoms with Crippen LogP contribution < -0.4 is 0 Å². The second-order valence-corrected chi connectivity index (χ2v) is 8.58. The van der Waals surface area contributed by atoms with Gasteiger partial charge in [-0.3, -0.25) is 4.98 Å². The maximum atomic E-state index is 12.3. The minimum Gasteiger partial charge on any atom is -0.263 e. The molecule has 1 heterocycles. The number of alkyl halides is 1. The van der Waals surface area contributed by atoms with Crippen LogP contribution in [0.25, 0.3) is 0 Å². The van der Waals surface area contributed by atoms with E-state index in [0.29, 0.717) is 4.90 Å². The summed E-state index contributed by atoms with van der Waals surface area (Å²) in [6.07, 6.45) is 5.27. The average molecular weight is 288 g/mol. The molecule has 3 saturated carbocycles. The fourth-order valence-electron chi connectivity index (χ4n) is 2.62. The van der Waals surface area contributed by atoms with Crippen LogP contribution in [-0.2, 0) is 9.84 Å². The molecule has 80 valence electrons. The molecular weight excluding hydrogens is 278 g/mol. The van der Waals surface area contributed by atoms with Gasteiger partial charge in [0, 0.05) is 16.7 Å². The van der Waals surface area contributed by atoms with Gasteiger partial charge >= 0.3 is 0 Å². The third-order valence-corrected chi connectivity index (χ3v) is 6.71. The molecule has 5 heteroatoms. The van der Waals surface area contributed by atoms with Crippen molar-refractivity contribution in [2.75, 3.05) is 0 Å². The first kappa shape index (κ1) is 9.78. The minimum atomic E-state index is -3.17. The van der Waals surface area contributed by atoms with Crippen LogP contribution in [0.1, 0.15) is 19.3 Å². The molecule has 0 radical (unpaired) electrons. The number of rotatable bonds is 2. The predicted molar refractivity (Wildman–Crippen MR) is 59.7 cm³/mol. The monoisotopic (exact) mass is 287 g/mol.